The number of halogens is 1. The van der Waals surface area contributed by atoms with Crippen LogP contribution in [0.4, 0.5) is 11.7 Å². The third kappa shape index (κ3) is 2.93. The van der Waals surface area contributed by atoms with Crippen LogP contribution >= 0.6 is 22.9 Å². The van der Waals surface area contributed by atoms with Gasteiger partial charge in [-0.25, -0.2) is 4.98 Å². The van der Waals surface area contributed by atoms with E-state index in [1.807, 2.05) is 37.3 Å². The predicted molar refractivity (Wildman–Crippen MR) is 94.6 cm³/mol. The molecule has 0 radical (unpaired) electrons. The van der Waals surface area contributed by atoms with Gasteiger partial charge in [0.25, 0.3) is 6.01 Å². The van der Waals surface area contributed by atoms with Gasteiger partial charge in [0.2, 0.25) is 0 Å². The van der Waals surface area contributed by atoms with Crippen LogP contribution in [0.15, 0.2) is 52.3 Å². The molecule has 0 spiro atoms. The molecule has 0 fully saturated rings. The second-order valence-corrected chi connectivity index (χ2v) is 6.58. The topological polar surface area (TPSA) is 51.0 Å². The highest BCUT2D eigenvalue weighted by Gasteiger charge is 2.07. The number of fused-ring (bicyclic) bond motifs is 1. The molecule has 0 atom stereocenters. The van der Waals surface area contributed by atoms with Crippen LogP contribution in [0, 0.1) is 6.92 Å². The molecule has 23 heavy (non-hydrogen) atoms. The molecule has 0 aliphatic rings. The van der Waals surface area contributed by atoms with Gasteiger partial charge in [-0.2, -0.15) is 4.98 Å². The van der Waals surface area contributed by atoms with E-state index in [0.717, 1.165) is 27.5 Å². The number of rotatable bonds is 3. The molecule has 4 nitrogen and oxygen atoms in total. The summed E-state index contributed by atoms with van der Waals surface area (Å²) in [5.74, 6) is 0. The molecule has 0 unspecified atom stereocenters. The van der Waals surface area contributed by atoms with Crippen LogP contribution in [0.5, 0.6) is 0 Å². The van der Waals surface area contributed by atoms with E-state index < -0.39 is 0 Å². The zero-order chi connectivity index (χ0) is 15.8. The smallest absolute Gasteiger partial charge is 0.300 e. The predicted octanol–water partition coefficient (Wildman–Crippen LogP) is 5.66. The van der Waals surface area contributed by atoms with Crippen molar-refractivity contribution in [1.29, 1.82) is 0 Å². The number of aromatic nitrogens is 2. The summed E-state index contributed by atoms with van der Waals surface area (Å²) in [5.41, 5.74) is 4.42. The van der Waals surface area contributed by atoms with Gasteiger partial charge in [0.15, 0.2) is 5.58 Å². The Kier molecular flexibility index (Phi) is 3.52. The summed E-state index contributed by atoms with van der Waals surface area (Å²) in [6, 6.07) is 13.8. The summed E-state index contributed by atoms with van der Waals surface area (Å²) in [4.78, 5) is 8.87. The normalized spacial score (nSPS) is 11.0. The highest BCUT2D eigenvalue weighted by molar-refractivity contribution is 7.09. The largest absolute Gasteiger partial charge is 0.423 e. The van der Waals surface area contributed by atoms with E-state index in [0.29, 0.717) is 16.6 Å². The standard InChI is InChI=1S/C17H12ClN3OS/c1-10-19-15(9-23-10)11-2-5-13(6-3-11)20-17-21-14-8-12(18)4-7-16(14)22-17/h2-9H,1H3,(H,20,21). The van der Waals surface area contributed by atoms with Crippen LogP contribution in [-0.4, -0.2) is 9.97 Å². The van der Waals surface area contributed by atoms with E-state index in [-0.39, 0.29) is 0 Å². The fourth-order valence-electron chi connectivity index (χ4n) is 2.30. The van der Waals surface area contributed by atoms with Crippen molar-refractivity contribution >= 4 is 45.7 Å². The summed E-state index contributed by atoms with van der Waals surface area (Å²) in [7, 11) is 0. The van der Waals surface area contributed by atoms with Crippen molar-refractivity contribution in [3.05, 3.63) is 57.9 Å². The van der Waals surface area contributed by atoms with Gasteiger partial charge < -0.3 is 9.73 Å². The fourth-order valence-corrected chi connectivity index (χ4v) is 3.09. The SMILES string of the molecule is Cc1nc(-c2ccc(Nc3nc4cc(Cl)ccc4o3)cc2)cs1. The maximum Gasteiger partial charge on any atom is 0.300 e. The van der Waals surface area contributed by atoms with Gasteiger partial charge in [-0.15, -0.1) is 11.3 Å². The molecule has 6 heteroatoms. The van der Waals surface area contributed by atoms with E-state index in [9.17, 15) is 0 Å². The van der Waals surface area contributed by atoms with Gasteiger partial charge in [0, 0.05) is 21.7 Å². The highest BCUT2D eigenvalue weighted by atomic mass is 35.5. The molecule has 2 aromatic heterocycles. The van der Waals surface area contributed by atoms with Crippen molar-refractivity contribution in [2.45, 2.75) is 6.92 Å². The summed E-state index contributed by atoms with van der Waals surface area (Å²) in [6.07, 6.45) is 0. The van der Waals surface area contributed by atoms with Crippen molar-refractivity contribution < 1.29 is 4.42 Å². The summed E-state index contributed by atoms with van der Waals surface area (Å²) in [6.45, 7) is 2.00. The number of anilines is 2. The summed E-state index contributed by atoms with van der Waals surface area (Å²) < 4.78 is 5.65. The van der Waals surface area contributed by atoms with Gasteiger partial charge >= 0.3 is 0 Å². The van der Waals surface area contributed by atoms with Gasteiger partial charge in [0.1, 0.15) is 5.52 Å². The molecule has 2 heterocycles. The van der Waals surface area contributed by atoms with E-state index in [2.05, 4.69) is 20.7 Å². The Labute approximate surface area is 141 Å². The summed E-state index contributed by atoms with van der Waals surface area (Å²) in [5, 5.41) is 6.92. The third-order valence-corrected chi connectivity index (χ3v) is 4.41. The quantitative estimate of drug-likeness (QED) is 0.522. The Morgan fingerprint density at radius 3 is 2.65 bits per heavy atom. The number of nitrogens with zero attached hydrogens (tertiary/aromatic N) is 2. The minimum absolute atomic E-state index is 0.444. The lowest BCUT2D eigenvalue weighted by Gasteiger charge is -2.02. The molecule has 0 saturated heterocycles. The number of oxazole rings is 1. The van der Waals surface area contributed by atoms with Crippen molar-refractivity contribution in [2.75, 3.05) is 5.32 Å². The lowest BCUT2D eigenvalue weighted by molar-refractivity contribution is 0.623. The number of nitrogens with one attached hydrogen (secondary N) is 1. The van der Waals surface area contributed by atoms with Crippen LogP contribution < -0.4 is 5.32 Å². The summed E-state index contributed by atoms with van der Waals surface area (Å²) >= 11 is 7.61. The first-order valence-electron chi connectivity index (χ1n) is 7.03. The number of thiazole rings is 1. The zero-order valence-electron chi connectivity index (χ0n) is 12.2. The first-order valence-corrected chi connectivity index (χ1v) is 8.29. The highest BCUT2D eigenvalue weighted by Crippen LogP contribution is 2.26. The third-order valence-electron chi connectivity index (χ3n) is 3.40. The molecular weight excluding hydrogens is 330 g/mol. The van der Waals surface area contributed by atoms with Gasteiger partial charge in [-0.3, -0.25) is 0 Å². The second-order valence-electron chi connectivity index (χ2n) is 5.09. The maximum absolute atomic E-state index is 5.96. The Hall–Kier alpha value is -2.37. The lowest BCUT2D eigenvalue weighted by Crippen LogP contribution is -1.90. The van der Waals surface area contributed by atoms with Crippen molar-refractivity contribution in [1.82, 2.24) is 9.97 Å². The van der Waals surface area contributed by atoms with Crippen molar-refractivity contribution in [3.63, 3.8) is 0 Å². The maximum atomic E-state index is 5.96. The van der Waals surface area contributed by atoms with Crippen LogP contribution in [-0.2, 0) is 0 Å². The Bertz CT molecular complexity index is 975. The molecule has 1 N–H and O–H groups in total. The fraction of sp³-hybridized carbons (Fsp3) is 0.0588. The monoisotopic (exact) mass is 341 g/mol. The van der Waals surface area contributed by atoms with Crippen LogP contribution in [0.25, 0.3) is 22.4 Å². The van der Waals surface area contributed by atoms with Gasteiger partial charge in [-0.05, 0) is 37.3 Å². The number of hydrogen-bond acceptors (Lipinski definition) is 5. The van der Waals surface area contributed by atoms with Crippen molar-refractivity contribution in [3.8, 4) is 11.3 Å². The molecule has 0 aliphatic carbocycles. The molecule has 4 rings (SSSR count). The number of benzene rings is 2. The average Bonchev–Trinajstić information content (AvgIpc) is 3.13. The van der Waals surface area contributed by atoms with E-state index in [1.165, 1.54) is 0 Å². The van der Waals surface area contributed by atoms with Crippen LogP contribution in [0.1, 0.15) is 5.01 Å². The Morgan fingerprint density at radius 2 is 1.91 bits per heavy atom. The molecule has 0 aliphatic heterocycles. The van der Waals surface area contributed by atoms with E-state index >= 15 is 0 Å². The zero-order valence-corrected chi connectivity index (χ0v) is 13.8. The van der Waals surface area contributed by atoms with Crippen LogP contribution in [0.3, 0.4) is 0 Å². The van der Waals surface area contributed by atoms with Crippen LogP contribution in [0.2, 0.25) is 5.02 Å². The number of hydrogen-bond donors (Lipinski definition) is 1. The molecule has 0 bridgehead atoms. The van der Waals surface area contributed by atoms with Gasteiger partial charge in [-0.1, -0.05) is 23.7 Å². The molecule has 0 saturated carbocycles. The molecule has 114 valence electrons. The molecular formula is C17H12ClN3OS. The van der Waals surface area contributed by atoms with E-state index in [1.54, 1.807) is 23.5 Å². The van der Waals surface area contributed by atoms with Gasteiger partial charge in [0.05, 0.1) is 10.7 Å². The second kappa shape index (κ2) is 5.68. The number of aryl methyl sites for hydroxylation is 1. The molecule has 4 aromatic rings. The Morgan fingerprint density at radius 1 is 1.09 bits per heavy atom. The molecule has 2 aromatic carbocycles. The average molecular weight is 342 g/mol. The lowest BCUT2D eigenvalue weighted by atomic mass is 10.1. The Balaban J connectivity index is 1.58. The minimum atomic E-state index is 0.444. The first-order chi connectivity index (χ1) is 11.2. The molecule has 0 amide bonds. The first kappa shape index (κ1) is 14.2. The van der Waals surface area contributed by atoms with E-state index in [4.69, 9.17) is 16.0 Å². The minimum Gasteiger partial charge on any atom is -0.423 e. The van der Waals surface area contributed by atoms with Crippen molar-refractivity contribution in [2.24, 2.45) is 0 Å².